The highest BCUT2D eigenvalue weighted by atomic mass is 16.5. The van der Waals surface area contributed by atoms with Crippen LogP contribution in [-0.4, -0.2) is 57.1 Å². The second kappa shape index (κ2) is 8.03. The highest BCUT2D eigenvalue weighted by Crippen LogP contribution is 2.28. The lowest BCUT2D eigenvalue weighted by molar-refractivity contribution is 0.0748. The van der Waals surface area contributed by atoms with E-state index in [1.54, 1.807) is 0 Å². The Labute approximate surface area is 185 Å². The number of anilines is 1. The van der Waals surface area contributed by atoms with Gasteiger partial charge in [-0.25, -0.2) is 15.0 Å². The van der Waals surface area contributed by atoms with Crippen LogP contribution in [0, 0.1) is 20.8 Å². The SMILES string of the molecule is Cc1cc(N2CCN(C(=O)c3cc(-c4ccccc4)nc4onc(C)c34)CC2)nc(C)n1. The maximum atomic E-state index is 13.6. The van der Waals surface area contributed by atoms with E-state index in [9.17, 15) is 4.79 Å². The second-order valence-corrected chi connectivity index (χ2v) is 8.06. The predicted octanol–water partition coefficient (Wildman–Crippen LogP) is 3.57. The molecular formula is C24H24N6O2. The molecule has 0 unspecified atom stereocenters. The molecule has 0 spiro atoms. The number of piperazine rings is 1. The molecule has 0 saturated carbocycles. The minimum atomic E-state index is -0.0319. The van der Waals surface area contributed by atoms with Gasteiger partial charge in [0.25, 0.3) is 11.6 Å². The van der Waals surface area contributed by atoms with Crippen molar-refractivity contribution in [3.8, 4) is 11.3 Å². The van der Waals surface area contributed by atoms with Crippen LogP contribution in [0.1, 0.15) is 27.6 Å². The molecule has 3 aromatic heterocycles. The standard InChI is InChI=1S/C24H24N6O2/c1-15-13-21(26-17(3)25-15)29-9-11-30(12-10-29)24(31)19-14-20(18-7-5-4-6-8-18)27-23-22(19)16(2)28-32-23/h4-8,13-14H,9-12H2,1-3H3. The largest absolute Gasteiger partial charge is 0.353 e. The average Bonchev–Trinajstić information content (AvgIpc) is 3.19. The first-order valence-corrected chi connectivity index (χ1v) is 10.7. The Balaban J connectivity index is 1.43. The van der Waals surface area contributed by atoms with Crippen LogP contribution in [-0.2, 0) is 0 Å². The number of rotatable bonds is 3. The highest BCUT2D eigenvalue weighted by molar-refractivity contribution is 6.07. The maximum Gasteiger partial charge on any atom is 0.259 e. The van der Waals surface area contributed by atoms with Crippen molar-refractivity contribution in [3.05, 3.63) is 65.2 Å². The molecule has 1 fully saturated rings. The van der Waals surface area contributed by atoms with Crippen molar-refractivity contribution in [1.82, 2.24) is 25.0 Å². The van der Waals surface area contributed by atoms with E-state index in [0.29, 0.717) is 54.2 Å². The van der Waals surface area contributed by atoms with E-state index < -0.39 is 0 Å². The summed E-state index contributed by atoms with van der Waals surface area (Å²) >= 11 is 0. The van der Waals surface area contributed by atoms with E-state index in [1.165, 1.54) is 0 Å². The number of fused-ring (bicyclic) bond motifs is 1. The predicted molar refractivity (Wildman–Crippen MR) is 122 cm³/mol. The Kier molecular flexibility index (Phi) is 5.05. The quantitative estimate of drug-likeness (QED) is 0.493. The maximum absolute atomic E-state index is 13.6. The third-order valence-electron chi connectivity index (χ3n) is 5.76. The summed E-state index contributed by atoms with van der Waals surface area (Å²) in [7, 11) is 0. The van der Waals surface area contributed by atoms with Crippen molar-refractivity contribution in [1.29, 1.82) is 0 Å². The monoisotopic (exact) mass is 428 g/mol. The van der Waals surface area contributed by atoms with Crippen LogP contribution >= 0.6 is 0 Å². The van der Waals surface area contributed by atoms with Gasteiger partial charge in [0.1, 0.15) is 11.6 Å². The zero-order valence-corrected chi connectivity index (χ0v) is 18.4. The van der Waals surface area contributed by atoms with Gasteiger partial charge in [-0.05, 0) is 26.8 Å². The fourth-order valence-corrected chi connectivity index (χ4v) is 4.19. The summed E-state index contributed by atoms with van der Waals surface area (Å²) in [4.78, 5) is 31.2. The van der Waals surface area contributed by atoms with E-state index in [4.69, 9.17) is 4.52 Å². The van der Waals surface area contributed by atoms with Gasteiger partial charge in [-0.3, -0.25) is 4.79 Å². The van der Waals surface area contributed by atoms with Gasteiger partial charge in [0.2, 0.25) is 0 Å². The number of nitrogens with zero attached hydrogens (tertiary/aromatic N) is 6. The summed E-state index contributed by atoms with van der Waals surface area (Å²) < 4.78 is 5.43. The van der Waals surface area contributed by atoms with Gasteiger partial charge in [-0.2, -0.15) is 0 Å². The Morgan fingerprint density at radius 3 is 2.41 bits per heavy atom. The van der Waals surface area contributed by atoms with Crippen LogP contribution in [0.4, 0.5) is 5.82 Å². The van der Waals surface area contributed by atoms with E-state index in [2.05, 4.69) is 25.0 Å². The second-order valence-electron chi connectivity index (χ2n) is 8.06. The summed E-state index contributed by atoms with van der Waals surface area (Å²) in [6.07, 6.45) is 0. The summed E-state index contributed by atoms with van der Waals surface area (Å²) in [6, 6.07) is 13.6. The van der Waals surface area contributed by atoms with Crippen LogP contribution in [0.5, 0.6) is 0 Å². The molecule has 1 aromatic carbocycles. The van der Waals surface area contributed by atoms with E-state index in [-0.39, 0.29) is 5.91 Å². The van der Waals surface area contributed by atoms with E-state index in [1.807, 2.05) is 68.1 Å². The number of carbonyl (C=O) groups is 1. The smallest absolute Gasteiger partial charge is 0.259 e. The van der Waals surface area contributed by atoms with Gasteiger partial charge in [0.05, 0.1) is 22.3 Å². The zero-order chi connectivity index (χ0) is 22.2. The molecule has 0 atom stereocenters. The molecule has 8 nitrogen and oxygen atoms in total. The van der Waals surface area contributed by atoms with Crippen molar-refractivity contribution < 1.29 is 9.32 Å². The van der Waals surface area contributed by atoms with Crippen LogP contribution in [0.2, 0.25) is 0 Å². The normalized spacial score (nSPS) is 14.2. The van der Waals surface area contributed by atoms with Crippen molar-refractivity contribution in [2.45, 2.75) is 20.8 Å². The van der Waals surface area contributed by atoms with Gasteiger partial charge in [0.15, 0.2) is 0 Å². The van der Waals surface area contributed by atoms with Gasteiger partial charge < -0.3 is 14.3 Å². The summed E-state index contributed by atoms with van der Waals surface area (Å²) in [5.41, 5.74) is 4.20. The number of aromatic nitrogens is 4. The van der Waals surface area contributed by atoms with Crippen molar-refractivity contribution in [3.63, 3.8) is 0 Å². The molecule has 162 valence electrons. The number of amides is 1. The van der Waals surface area contributed by atoms with Crippen LogP contribution in [0.15, 0.2) is 47.0 Å². The molecule has 1 saturated heterocycles. The molecule has 0 N–H and O–H groups in total. The number of aryl methyl sites for hydroxylation is 3. The Hall–Kier alpha value is -3.81. The Morgan fingerprint density at radius 2 is 1.69 bits per heavy atom. The third kappa shape index (κ3) is 3.68. The Bertz CT molecular complexity index is 1270. The van der Waals surface area contributed by atoms with E-state index in [0.717, 1.165) is 22.9 Å². The molecule has 1 amide bonds. The van der Waals surface area contributed by atoms with Gasteiger partial charge in [0, 0.05) is 43.5 Å². The van der Waals surface area contributed by atoms with Crippen molar-refractivity contribution in [2.24, 2.45) is 0 Å². The molecule has 5 rings (SSSR count). The number of hydrogen-bond acceptors (Lipinski definition) is 7. The third-order valence-corrected chi connectivity index (χ3v) is 5.76. The molecule has 0 bridgehead atoms. The fourth-order valence-electron chi connectivity index (χ4n) is 4.19. The first kappa shape index (κ1) is 20.1. The minimum absolute atomic E-state index is 0.0319. The highest BCUT2D eigenvalue weighted by Gasteiger charge is 2.27. The molecule has 1 aliphatic rings. The molecule has 8 heteroatoms. The topological polar surface area (TPSA) is 88.2 Å². The lowest BCUT2D eigenvalue weighted by Crippen LogP contribution is -2.49. The van der Waals surface area contributed by atoms with Crippen LogP contribution in [0.25, 0.3) is 22.4 Å². The van der Waals surface area contributed by atoms with Gasteiger partial charge in [-0.15, -0.1) is 0 Å². The average molecular weight is 428 g/mol. The number of pyridine rings is 1. The molecule has 4 aromatic rings. The lowest BCUT2D eigenvalue weighted by Gasteiger charge is -2.35. The van der Waals surface area contributed by atoms with Crippen LogP contribution < -0.4 is 4.90 Å². The summed E-state index contributed by atoms with van der Waals surface area (Å²) in [5.74, 6) is 1.64. The minimum Gasteiger partial charge on any atom is -0.353 e. The molecule has 32 heavy (non-hydrogen) atoms. The zero-order valence-electron chi connectivity index (χ0n) is 18.4. The number of benzene rings is 1. The van der Waals surface area contributed by atoms with E-state index >= 15 is 0 Å². The van der Waals surface area contributed by atoms with Crippen molar-refractivity contribution >= 4 is 22.8 Å². The molecule has 0 aliphatic carbocycles. The number of carbonyl (C=O) groups excluding carboxylic acids is 1. The van der Waals surface area contributed by atoms with Crippen molar-refractivity contribution in [2.75, 3.05) is 31.1 Å². The fraction of sp³-hybridized carbons (Fsp3) is 0.292. The molecule has 0 radical (unpaired) electrons. The molecular weight excluding hydrogens is 404 g/mol. The first-order chi connectivity index (χ1) is 15.5. The van der Waals surface area contributed by atoms with Gasteiger partial charge in [-0.1, -0.05) is 35.5 Å². The van der Waals surface area contributed by atoms with Gasteiger partial charge >= 0.3 is 0 Å². The molecule has 4 heterocycles. The lowest BCUT2D eigenvalue weighted by atomic mass is 10.0. The Morgan fingerprint density at radius 1 is 0.938 bits per heavy atom. The van der Waals surface area contributed by atoms with Crippen LogP contribution in [0.3, 0.4) is 0 Å². The summed E-state index contributed by atoms with van der Waals surface area (Å²) in [5, 5.41) is 4.74. The molecule has 1 aliphatic heterocycles. The first-order valence-electron chi connectivity index (χ1n) is 10.7. The summed E-state index contributed by atoms with van der Waals surface area (Å²) in [6.45, 7) is 8.35. The number of hydrogen-bond donors (Lipinski definition) is 0.